The van der Waals surface area contributed by atoms with Gasteiger partial charge in [-0.15, -0.1) is 12.4 Å². The van der Waals surface area contributed by atoms with Crippen molar-refractivity contribution in [3.8, 4) is 0 Å². The molecule has 5 nitrogen and oxygen atoms in total. The number of rotatable bonds is 6. The lowest BCUT2D eigenvalue weighted by Crippen LogP contribution is -2.28. The minimum atomic E-state index is -0.506. The third-order valence-electron chi connectivity index (χ3n) is 5.74. The summed E-state index contributed by atoms with van der Waals surface area (Å²) in [7, 11) is 0. The van der Waals surface area contributed by atoms with Gasteiger partial charge in [-0.25, -0.2) is 4.98 Å². The molecular formula is C21H31ClN2O3. The number of aliphatic hydroxyl groups excluding tert-OH is 1. The molecule has 1 aliphatic carbocycles. The van der Waals surface area contributed by atoms with Gasteiger partial charge in [-0.05, 0) is 37.8 Å². The third kappa shape index (κ3) is 5.02. The fourth-order valence-electron chi connectivity index (χ4n) is 4.30. The fraction of sp³-hybridized carbons (Fsp3) is 0.667. The van der Waals surface area contributed by atoms with E-state index in [1.807, 2.05) is 12.1 Å². The lowest BCUT2D eigenvalue weighted by Gasteiger charge is -2.25. The molecule has 6 heteroatoms. The number of imidazole rings is 1. The lowest BCUT2D eigenvalue weighted by molar-refractivity contribution is -0.0284. The van der Waals surface area contributed by atoms with Gasteiger partial charge in [-0.3, -0.25) is 0 Å². The number of ether oxygens (including phenoxy) is 2. The molecule has 1 atom stereocenters. The van der Waals surface area contributed by atoms with E-state index in [9.17, 15) is 5.11 Å². The van der Waals surface area contributed by atoms with Crippen LogP contribution in [0, 0.1) is 0 Å². The van der Waals surface area contributed by atoms with Crippen LogP contribution in [0.15, 0.2) is 24.3 Å². The SMILES string of the molecule is Cl.OC(COC1CCCCC1)Cn1c(C2CCOCC2)nc2ccccc21. The molecule has 1 aromatic carbocycles. The van der Waals surface area contributed by atoms with Gasteiger partial charge in [0.05, 0.1) is 36.4 Å². The average Bonchev–Trinajstić information content (AvgIpc) is 3.06. The Balaban J connectivity index is 0.00000210. The highest BCUT2D eigenvalue weighted by Crippen LogP contribution is 2.29. The van der Waals surface area contributed by atoms with Crippen molar-refractivity contribution in [1.82, 2.24) is 9.55 Å². The van der Waals surface area contributed by atoms with Crippen LogP contribution in [0.2, 0.25) is 0 Å². The molecule has 27 heavy (non-hydrogen) atoms. The normalized spacial score (nSPS) is 20.5. The van der Waals surface area contributed by atoms with Crippen LogP contribution in [-0.2, 0) is 16.0 Å². The molecule has 1 saturated heterocycles. The van der Waals surface area contributed by atoms with Gasteiger partial charge in [0, 0.05) is 19.1 Å². The summed E-state index contributed by atoms with van der Waals surface area (Å²) in [6.45, 7) is 2.53. The fourth-order valence-corrected chi connectivity index (χ4v) is 4.30. The molecule has 0 spiro atoms. The molecular weight excluding hydrogens is 364 g/mol. The predicted molar refractivity (Wildman–Crippen MR) is 109 cm³/mol. The van der Waals surface area contributed by atoms with E-state index in [1.165, 1.54) is 19.3 Å². The molecule has 1 unspecified atom stereocenters. The van der Waals surface area contributed by atoms with E-state index in [2.05, 4.69) is 16.7 Å². The molecule has 0 amide bonds. The molecule has 2 heterocycles. The highest BCUT2D eigenvalue weighted by molar-refractivity contribution is 5.85. The molecule has 1 N–H and O–H groups in total. The van der Waals surface area contributed by atoms with Gasteiger partial charge in [0.25, 0.3) is 0 Å². The van der Waals surface area contributed by atoms with Gasteiger partial charge in [-0.2, -0.15) is 0 Å². The van der Waals surface area contributed by atoms with Gasteiger partial charge >= 0.3 is 0 Å². The Bertz CT molecular complexity index is 709. The second-order valence-electron chi connectivity index (χ2n) is 7.70. The molecule has 150 valence electrons. The van der Waals surface area contributed by atoms with Gasteiger partial charge in [0.15, 0.2) is 0 Å². The van der Waals surface area contributed by atoms with E-state index in [1.54, 1.807) is 0 Å². The van der Waals surface area contributed by atoms with E-state index in [0.29, 0.717) is 25.2 Å². The maximum atomic E-state index is 10.6. The summed E-state index contributed by atoms with van der Waals surface area (Å²) in [5, 5.41) is 10.6. The quantitative estimate of drug-likeness (QED) is 0.802. The number of fused-ring (bicyclic) bond motifs is 1. The van der Waals surface area contributed by atoms with Crippen LogP contribution in [0.4, 0.5) is 0 Å². The van der Waals surface area contributed by atoms with Crippen LogP contribution < -0.4 is 0 Å². The van der Waals surface area contributed by atoms with E-state index in [4.69, 9.17) is 14.5 Å². The van der Waals surface area contributed by atoms with Crippen molar-refractivity contribution in [2.24, 2.45) is 0 Å². The standard InChI is InChI=1S/C21H30N2O3.ClH/c24-17(15-26-18-6-2-1-3-7-18)14-23-20-9-5-4-8-19(20)22-21(23)16-10-12-25-13-11-16;/h4-5,8-9,16-18,24H,1-3,6-7,10-15H2;1H. The molecule has 1 aliphatic heterocycles. The Kier molecular flexibility index (Phi) is 7.53. The maximum absolute atomic E-state index is 10.6. The Morgan fingerprint density at radius 1 is 1.11 bits per heavy atom. The Hall–Kier alpha value is -1.14. The smallest absolute Gasteiger partial charge is 0.113 e. The van der Waals surface area contributed by atoms with E-state index in [0.717, 1.165) is 55.8 Å². The van der Waals surface area contributed by atoms with Crippen molar-refractivity contribution < 1.29 is 14.6 Å². The topological polar surface area (TPSA) is 56.5 Å². The average molecular weight is 395 g/mol. The Morgan fingerprint density at radius 2 is 1.85 bits per heavy atom. The first kappa shape index (κ1) is 20.6. The molecule has 4 rings (SSSR count). The first-order valence-electron chi connectivity index (χ1n) is 10.1. The van der Waals surface area contributed by atoms with E-state index in [-0.39, 0.29) is 12.4 Å². The summed E-state index contributed by atoms with van der Waals surface area (Å²) in [6.07, 6.45) is 7.90. The molecule has 0 radical (unpaired) electrons. The number of para-hydroxylation sites is 2. The second kappa shape index (κ2) is 9.87. The van der Waals surface area contributed by atoms with Crippen molar-refractivity contribution in [1.29, 1.82) is 0 Å². The number of nitrogens with zero attached hydrogens (tertiary/aromatic N) is 2. The number of hydrogen-bond acceptors (Lipinski definition) is 4. The first-order valence-corrected chi connectivity index (χ1v) is 10.1. The molecule has 1 aromatic heterocycles. The summed E-state index contributed by atoms with van der Waals surface area (Å²) < 4.78 is 13.7. The van der Waals surface area contributed by atoms with Crippen molar-refractivity contribution in [2.75, 3.05) is 19.8 Å². The van der Waals surface area contributed by atoms with Crippen LogP contribution in [0.25, 0.3) is 11.0 Å². The van der Waals surface area contributed by atoms with Crippen LogP contribution in [-0.4, -0.2) is 46.7 Å². The van der Waals surface area contributed by atoms with E-state index < -0.39 is 6.10 Å². The summed E-state index contributed by atoms with van der Waals surface area (Å²) in [5.74, 6) is 1.49. The monoisotopic (exact) mass is 394 g/mol. The number of halogens is 1. The highest BCUT2D eigenvalue weighted by Gasteiger charge is 2.24. The Morgan fingerprint density at radius 3 is 2.63 bits per heavy atom. The second-order valence-corrected chi connectivity index (χ2v) is 7.70. The van der Waals surface area contributed by atoms with Gasteiger partial charge < -0.3 is 19.1 Å². The van der Waals surface area contributed by atoms with Crippen molar-refractivity contribution in [3.05, 3.63) is 30.1 Å². The van der Waals surface area contributed by atoms with Gasteiger partial charge in [0.2, 0.25) is 0 Å². The van der Waals surface area contributed by atoms with Gasteiger partial charge in [-0.1, -0.05) is 31.4 Å². The minimum Gasteiger partial charge on any atom is -0.389 e. The number of aliphatic hydroxyl groups is 1. The number of benzene rings is 1. The zero-order chi connectivity index (χ0) is 17.8. The van der Waals surface area contributed by atoms with Crippen molar-refractivity contribution >= 4 is 23.4 Å². The summed E-state index contributed by atoms with van der Waals surface area (Å²) in [4.78, 5) is 4.89. The Labute approximate surface area is 167 Å². The third-order valence-corrected chi connectivity index (χ3v) is 5.74. The van der Waals surface area contributed by atoms with Crippen molar-refractivity contribution in [3.63, 3.8) is 0 Å². The molecule has 2 aliphatic rings. The minimum absolute atomic E-state index is 0. The van der Waals surface area contributed by atoms with Crippen LogP contribution in [0.3, 0.4) is 0 Å². The molecule has 2 fully saturated rings. The number of aromatic nitrogens is 2. The summed E-state index contributed by atoms with van der Waals surface area (Å²) in [5.41, 5.74) is 2.11. The maximum Gasteiger partial charge on any atom is 0.113 e. The summed E-state index contributed by atoms with van der Waals surface area (Å²) in [6, 6.07) is 8.22. The number of hydrogen-bond donors (Lipinski definition) is 1. The van der Waals surface area contributed by atoms with Crippen molar-refractivity contribution in [2.45, 2.75) is 69.6 Å². The van der Waals surface area contributed by atoms with Crippen LogP contribution in [0.5, 0.6) is 0 Å². The van der Waals surface area contributed by atoms with Gasteiger partial charge in [0.1, 0.15) is 5.82 Å². The molecule has 0 bridgehead atoms. The zero-order valence-electron chi connectivity index (χ0n) is 15.9. The summed E-state index contributed by atoms with van der Waals surface area (Å²) >= 11 is 0. The first-order chi connectivity index (χ1) is 12.8. The van der Waals surface area contributed by atoms with Crippen LogP contribution in [0.1, 0.15) is 56.7 Å². The predicted octanol–water partition coefficient (Wildman–Crippen LogP) is 4.06. The van der Waals surface area contributed by atoms with Crippen LogP contribution >= 0.6 is 12.4 Å². The molecule has 1 saturated carbocycles. The molecule has 2 aromatic rings. The lowest BCUT2D eigenvalue weighted by atomic mass is 9.98. The zero-order valence-corrected chi connectivity index (χ0v) is 16.7. The van der Waals surface area contributed by atoms with E-state index >= 15 is 0 Å². The highest BCUT2D eigenvalue weighted by atomic mass is 35.5. The largest absolute Gasteiger partial charge is 0.389 e.